The lowest BCUT2D eigenvalue weighted by atomic mass is 9.93. The second-order valence-electron chi connectivity index (χ2n) is 7.97. The Morgan fingerprint density at radius 3 is 2.77 bits per heavy atom. The van der Waals surface area contributed by atoms with Crippen molar-refractivity contribution < 1.29 is 13.9 Å². The number of hydrogen-bond acceptors (Lipinski definition) is 5. The Labute approximate surface area is 172 Å². The highest BCUT2D eigenvalue weighted by Crippen LogP contribution is 2.41. The van der Waals surface area contributed by atoms with Gasteiger partial charge in [-0.3, -0.25) is 4.40 Å². The number of rotatable bonds is 1. The summed E-state index contributed by atoms with van der Waals surface area (Å²) in [6, 6.07) is 5.21. The summed E-state index contributed by atoms with van der Waals surface area (Å²) < 4.78 is 30.8. The normalized spacial score (nSPS) is 17.5. The van der Waals surface area contributed by atoms with E-state index in [0.717, 1.165) is 45.4 Å². The molecule has 2 aliphatic rings. The summed E-state index contributed by atoms with van der Waals surface area (Å²) in [5.74, 6) is 2.14. The van der Waals surface area contributed by atoms with E-state index >= 15 is 0 Å². The maximum atomic E-state index is 14.7. The Bertz CT molecular complexity index is 1310. The number of benzene rings is 1. The number of aromatic nitrogens is 5. The second kappa shape index (κ2) is 6.29. The molecule has 8 heteroatoms. The molecule has 30 heavy (non-hydrogen) atoms. The van der Waals surface area contributed by atoms with Crippen LogP contribution in [0.5, 0.6) is 11.5 Å². The monoisotopic (exact) mass is 405 g/mol. The van der Waals surface area contributed by atoms with Crippen LogP contribution in [0.15, 0.2) is 30.7 Å². The second-order valence-corrected chi connectivity index (χ2v) is 7.97. The number of aryl methyl sites for hydroxylation is 3. The molecule has 7 nitrogen and oxygen atoms in total. The predicted molar refractivity (Wildman–Crippen MR) is 107 cm³/mol. The summed E-state index contributed by atoms with van der Waals surface area (Å²) in [5.41, 5.74) is 5.10. The smallest absolute Gasteiger partial charge is 0.172 e. The highest BCUT2D eigenvalue weighted by Gasteiger charge is 2.31. The molecule has 0 spiro atoms. The Morgan fingerprint density at radius 1 is 1.13 bits per heavy atom. The molecule has 1 aromatic carbocycles. The number of nitrogens with zero attached hydrogens (tertiary/aromatic N) is 5. The molecule has 152 valence electrons. The van der Waals surface area contributed by atoms with Crippen molar-refractivity contribution in [1.29, 1.82) is 0 Å². The average molecular weight is 405 g/mol. The number of hydrogen-bond donors (Lipinski definition) is 0. The van der Waals surface area contributed by atoms with Crippen LogP contribution in [0.3, 0.4) is 0 Å². The van der Waals surface area contributed by atoms with E-state index in [9.17, 15) is 4.39 Å². The maximum absolute atomic E-state index is 14.7. The Kier molecular flexibility index (Phi) is 3.65. The van der Waals surface area contributed by atoms with Gasteiger partial charge in [0.1, 0.15) is 29.5 Å². The van der Waals surface area contributed by atoms with Crippen molar-refractivity contribution in [3.8, 4) is 22.9 Å². The lowest BCUT2D eigenvalue weighted by molar-refractivity contribution is 0.246. The number of pyridine rings is 1. The predicted octanol–water partition coefficient (Wildman–Crippen LogP) is 3.23. The van der Waals surface area contributed by atoms with E-state index in [0.29, 0.717) is 31.7 Å². The van der Waals surface area contributed by atoms with E-state index in [-0.39, 0.29) is 11.7 Å². The molecule has 0 saturated heterocycles. The van der Waals surface area contributed by atoms with E-state index in [1.165, 1.54) is 6.07 Å². The topological polar surface area (TPSA) is 66.5 Å². The molecular weight excluding hydrogens is 385 g/mol. The fraction of sp³-hybridized carbons (Fsp3) is 0.318. The third-order valence-electron chi connectivity index (χ3n) is 6.04. The fourth-order valence-corrected chi connectivity index (χ4v) is 4.70. The van der Waals surface area contributed by atoms with Crippen LogP contribution in [-0.4, -0.2) is 37.4 Å². The first-order valence-corrected chi connectivity index (χ1v) is 10.0. The quantitative estimate of drug-likeness (QED) is 0.486. The molecule has 0 N–H and O–H groups in total. The molecule has 6 rings (SSSR count). The van der Waals surface area contributed by atoms with Crippen molar-refractivity contribution in [2.24, 2.45) is 7.05 Å². The van der Waals surface area contributed by atoms with Crippen molar-refractivity contribution in [1.82, 2.24) is 24.1 Å². The minimum absolute atomic E-state index is 0.00659. The van der Waals surface area contributed by atoms with Gasteiger partial charge in [0.25, 0.3) is 0 Å². The Balaban J connectivity index is 1.53. The lowest BCUT2D eigenvalue weighted by Crippen LogP contribution is -2.13. The van der Waals surface area contributed by atoms with Gasteiger partial charge in [0.05, 0.1) is 36.1 Å². The summed E-state index contributed by atoms with van der Waals surface area (Å²) in [6.45, 7) is 2.88. The van der Waals surface area contributed by atoms with Gasteiger partial charge in [-0.15, -0.1) is 10.2 Å². The van der Waals surface area contributed by atoms with Crippen LogP contribution in [-0.2, 0) is 19.9 Å². The van der Waals surface area contributed by atoms with Crippen LogP contribution in [0.1, 0.15) is 28.4 Å². The standard InChI is InChI=1S/C22H20FN5O2/c1-12-8-27(2)21(25-12)15-7-19-17(28-11-24-26-22(15)28)5-3-14-16(23)4-6-18-20(14)13(9-29-18)10-30-19/h4,6-8,11,13H,3,5,9-10H2,1-2H3/t13-/m1/s1. The largest absolute Gasteiger partial charge is 0.493 e. The van der Waals surface area contributed by atoms with E-state index in [4.69, 9.17) is 9.47 Å². The summed E-state index contributed by atoms with van der Waals surface area (Å²) in [6.07, 6.45) is 4.82. The molecule has 0 amide bonds. The number of halogens is 1. The molecule has 5 heterocycles. The zero-order valence-electron chi connectivity index (χ0n) is 16.7. The van der Waals surface area contributed by atoms with Crippen LogP contribution in [0.4, 0.5) is 4.39 Å². The molecule has 4 aromatic rings. The van der Waals surface area contributed by atoms with Crippen molar-refractivity contribution in [2.45, 2.75) is 25.7 Å². The van der Waals surface area contributed by atoms with Crippen molar-refractivity contribution in [3.63, 3.8) is 0 Å². The van der Waals surface area contributed by atoms with Gasteiger partial charge in [-0.25, -0.2) is 9.37 Å². The lowest BCUT2D eigenvalue weighted by Gasteiger charge is -2.16. The first kappa shape index (κ1) is 17.4. The summed E-state index contributed by atoms with van der Waals surface area (Å²) in [5, 5.41) is 8.48. The molecule has 0 unspecified atom stereocenters. The van der Waals surface area contributed by atoms with Gasteiger partial charge in [0.15, 0.2) is 5.65 Å². The third kappa shape index (κ3) is 2.46. The number of imidazole rings is 1. The molecular formula is C22H20FN5O2. The van der Waals surface area contributed by atoms with Gasteiger partial charge < -0.3 is 14.0 Å². The minimum atomic E-state index is -0.187. The van der Waals surface area contributed by atoms with Crippen molar-refractivity contribution in [2.75, 3.05) is 13.2 Å². The average Bonchev–Trinajstić information content (AvgIpc) is 3.44. The zero-order chi connectivity index (χ0) is 20.4. The summed E-state index contributed by atoms with van der Waals surface area (Å²) in [4.78, 5) is 4.66. The van der Waals surface area contributed by atoms with Gasteiger partial charge in [0.2, 0.25) is 0 Å². The molecule has 0 radical (unpaired) electrons. The van der Waals surface area contributed by atoms with E-state index in [2.05, 4.69) is 15.2 Å². The highest BCUT2D eigenvalue weighted by molar-refractivity contribution is 5.75. The fourth-order valence-electron chi connectivity index (χ4n) is 4.70. The zero-order valence-corrected chi connectivity index (χ0v) is 16.7. The van der Waals surface area contributed by atoms with Crippen LogP contribution in [0, 0.1) is 12.7 Å². The Morgan fingerprint density at radius 2 is 1.97 bits per heavy atom. The van der Waals surface area contributed by atoms with Gasteiger partial charge >= 0.3 is 0 Å². The first-order valence-electron chi connectivity index (χ1n) is 10.0. The molecule has 2 aliphatic heterocycles. The van der Waals surface area contributed by atoms with E-state index in [1.807, 2.05) is 35.2 Å². The molecule has 1 atom stereocenters. The van der Waals surface area contributed by atoms with Gasteiger partial charge in [-0.1, -0.05) is 0 Å². The summed E-state index contributed by atoms with van der Waals surface area (Å²) in [7, 11) is 1.96. The van der Waals surface area contributed by atoms with Crippen LogP contribution in [0.2, 0.25) is 0 Å². The van der Waals surface area contributed by atoms with Crippen LogP contribution >= 0.6 is 0 Å². The first-order chi connectivity index (χ1) is 14.6. The molecule has 3 aromatic heterocycles. The van der Waals surface area contributed by atoms with Gasteiger partial charge in [-0.05, 0) is 43.5 Å². The minimum Gasteiger partial charge on any atom is -0.493 e. The maximum Gasteiger partial charge on any atom is 0.172 e. The highest BCUT2D eigenvalue weighted by atomic mass is 19.1. The SMILES string of the molecule is Cc1cn(C)c(-c2cc3c(n4cnnc24)CCc2c(F)ccc4c2[C@H](CO4)CO3)n1. The molecule has 0 fully saturated rings. The van der Waals surface area contributed by atoms with E-state index < -0.39 is 0 Å². The summed E-state index contributed by atoms with van der Waals surface area (Å²) >= 11 is 0. The van der Waals surface area contributed by atoms with Crippen molar-refractivity contribution in [3.05, 3.63) is 59.1 Å². The van der Waals surface area contributed by atoms with Gasteiger partial charge in [-0.2, -0.15) is 0 Å². The van der Waals surface area contributed by atoms with Crippen LogP contribution < -0.4 is 9.47 Å². The van der Waals surface area contributed by atoms with Gasteiger partial charge in [0, 0.05) is 18.8 Å². The molecule has 0 saturated carbocycles. The van der Waals surface area contributed by atoms with Crippen LogP contribution in [0.25, 0.3) is 17.0 Å². The third-order valence-corrected chi connectivity index (χ3v) is 6.04. The Hall–Kier alpha value is -3.42. The number of fused-ring (bicyclic) bond motifs is 3. The molecule has 0 bridgehead atoms. The van der Waals surface area contributed by atoms with E-state index in [1.54, 1.807) is 12.4 Å². The molecule has 0 aliphatic carbocycles. The van der Waals surface area contributed by atoms with Crippen molar-refractivity contribution >= 4 is 5.65 Å². The number of ether oxygens (including phenoxy) is 2.